The average Bonchev–Trinajstić information content (AvgIpc) is 1.97. The Morgan fingerprint density at radius 1 is 1.64 bits per heavy atom. The van der Waals surface area contributed by atoms with Crippen LogP contribution in [0.5, 0.6) is 0 Å². The number of aliphatic hydroxyl groups is 1. The van der Waals surface area contributed by atoms with E-state index < -0.39 is 0 Å². The number of amides is 1. The van der Waals surface area contributed by atoms with Crippen LogP contribution in [0.15, 0.2) is 0 Å². The summed E-state index contributed by atoms with van der Waals surface area (Å²) in [6.07, 6.45) is 0. The number of rotatable bonds is 5. The maximum absolute atomic E-state index is 10.9. The molecule has 0 aliphatic heterocycles. The van der Waals surface area contributed by atoms with Gasteiger partial charge in [-0.1, -0.05) is 13.8 Å². The van der Waals surface area contributed by atoms with Gasteiger partial charge in [0.05, 0.1) is 12.4 Å². The molecule has 0 rings (SSSR count). The number of carbonyl (C=O) groups is 1. The number of hydrogen-bond donors (Lipinski definition) is 2. The molecule has 0 fully saturated rings. The number of carbonyl (C=O) groups excluding carboxylic acids is 1. The molecule has 2 N–H and O–H groups in total. The Kier molecular flexibility index (Phi) is 6.36. The highest BCUT2D eigenvalue weighted by Crippen LogP contribution is 2.07. The summed E-state index contributed by atoms with van der Waals surface area (Å²) in [5.41, 5.74) is 0. The Morgan fingerprint density at radius 2 is 2.27 bits per heavy atom. The summed E-state index contributed by atoms with van der Waals surface area (Å²) in [5, 5.41) is 11.4. The maximum atomic E-state index is 10.9. The molecule has 0 saturated carbocycles. The van der Waals surface area contributed by atoms with Gasteiger partial charge < -0.3 is 10.4 Å². The molecule has 1 amide bonds. The van der Waals surface area contributed by atoms with E-state index in [0.717, 1.165) is 0 Å². The molecule has 0 unspecified atom stereocenters. The van der Waals surface area contributed by atoms with E-state index in [1.54, 1.807) is 11.8 Å². The van der Waals surface area contributed by atoms with Gasteiger partial charge in [0.25, 0.3) is 0 Å². The first-order valence-corrected chi connectivity index (χ1v) is 4.71. The fraction of sp³-hybridized carbons (Fsp3) is 0.857. The zero-order chi connectivity index (χ0) is 8.69. The number of nitrogens with one attached hydrogen (secondary N) is 1. The van der Waals surface area contributed by atoms with Crippen LogP contribution in [0.4, 0.5) is 0 Å². The number of thioether (sulfide) groups is 1. The van der Waals surface area contributed by atoms with Crippen LogP contribution in [0.3, 0.4) is 0 Å². The van der Waals surface area contributed by atoms with Crippen molar-refractivity contribution in [3.8, 4) is 0 Å². The molecule has 0 saturated heterocycles. The summed E-state index contributed by atoms with van der Waals surface area (Å²) in [4.78, 5) is 10.9. The smallest absolute Gasteiger partial charge is 0.230 e. The van der Waals surface area contributed by atoms with Crippen molar-refractivity contribution in [2.24, 2.45) is 0 Å². The summed E-state index contributed by atoms with van der Waals surface area (Å²) in [6, 6.07) is 0. The molecule has 0 spiro atoms. The minimum atomic E-state index is -0.00208. The van der Waals surface area contributed by atoms with Crippen LogP contribution in [0, 0.1) is 0 Å². The van der Waals surface area contributed by atoms with Gasteiger partial charge in [-0.05, 0) is 5.25 Å². The van der Waals surface area contributed by atoms with Crippen molar-refractivity contribution in [2.75, 3.05) is 18.9 Å². The quantitative estimate of drug-likeness (QED) is 0.632. The second-order valence-electron chi connectivity index (χ2n) is 2.43. The minimum Gasteiger partial charge on any atom is -0.395 e. The van der Waals surface area contributed by atoms with E-state index in [1.165, 1.54) is 0 Å². The van der Waals surface area contributed by atoms with Gasteiger partial charge in [-0.25, -0.2) is 0 Å². The predicted octanol–water partition coefficient (Wildman–Crippen LogP) is 0.236. The highest BCUT2D eigenvalue weighted by molar-refractivity contribution is 8.00. The molecule has 0 heterocycles. The maximum Gasteiger partial charge on any atom is 0.230 e. The molecule has 0 aromatic carbocycles. The van der Waals surface area contributed by atoms with Crippen molar-refractivity contribution < 1.29 is 9.90 Å². The van der Waals surface area contributed by atoms with Crippen LogP contribution in [-0.4, -0.2) is 35.2 Å². The summed E-state index contributed by atoms with van der Waals surface area (Å²) in [6.45, 7) is 4.46. The highest BCUT2D eigenvalue weighted by Gasteiger charge is 2.01. The van der Waals surface area contributed by atoms with E-state index in [-0.39, 0.29) is 12.5 Å². The van der Waals surface area contributed by atoms with Crippen molar-refractivity contribution in [1.82, 2.24) is 5.32 Å². The SMILES string of the molecule is CC(C)SCC(=O)NCCO. The van der Waals surface area contributed by atoms with Crippen LogP contribution >= 0.6 is 11.8 Å². The Hall–Kier alpha value is -0.220. The lowest BCUT2D eigenvalue weighted by molar-refractivity contribution is -0.118. The zero-order valence-corrected chi connectivity index (χ0v) is 7.78. The molecule has 0 atom stereocenters. The van der Waals surface area contributed by atoms with Crippen LogP contribution in [0.2, 0.25) is 0 Å². The molecule has 0 aliphatic carbocycles. The summed E-state index contributed by atoms with van der Waals surface area (Å²) in [7, 11) is 0. The van der Waals surface area contributed by atoms with Gasteiger partial charge in [0.2, 0.25) is 5.91 Å². The summed E-state index contributed by atoms with van der Waals surface area (Å²) >= 11 is 1.60. The van der Waals surface area contributed by atoms with Gasteiger partial charge in [0.1, 0.15) is 0 Å². The molecular weight excluding hydrogens is 162 g/mol. The molecule has 0 aliphatic rings. The monoisotopic (exact) mass is 177 g/mol. The fourth-order valence-corrected chi connectivity index (χ4v) is 1.08. The summed E-state index contributed by atoms with van der Waals surface area (Å²) < 4.78 is 0. The first-order valence-electron chi connectivity index (χ1n) is 3.66. The third-order valence-corrected chi connectivity index (χ3v) is 2.08. The molecule has 3 nitrogen and oxygen atoms in total. The van der Waals surface area contributed by atoms with E-state index in [1.807, 2.05) is 13.8 Å². The second-order valence-corrected chi connectivity index (χ2v) is 4.00. The zero-order valence-electron chi connectivity index (χ0n) is 6.96. The molecule has 0 bridgehead atoms. The predicted molar refractivity (Wildman–Crippen MR) is 47.7 cm³/mol. The fourth-order valence-electron chi connectivity index (χ4n) is 0.489. The van der Waals surface area contributed by atoms with E-state index in [0.29, 0.717) is 17.5 Å². The largest absolute Gasteiger partial charge is 0.395 e. The van der Waals surface area contributed by atoms with E-state index in [2.05, 4.69) is 5.32 Å². The number of hydrogen-bond acceptors (Lipinski definition) is 3. The second kappa shape index (κ2) is 6.49. The van der Waals surface area contributed by atoms with Gasteiger partial charge in [-0.2, -0.15) is 0 Å². The van der Waals surface area contributed by atoms with E-state index >= 15 is 0 Å². The van der Waals surface area contributed by atoms with Crippen molar-refractivity contribution in [2.45, 2.75) is 19.1 Å². The lowest BCUT2D eigenvalue weighted by Gasteiger charge is -2.04. The lowest BCUT2D eigenvalue weighted by Crippen LogP contribution is -2.28. The van der Waals surface area contributed by atoms with Gasteiger partial charge in [0, 0.05) is 6.54 Å². The third kappa shape index (κ3) is 7.68. The summed E-state index contributed by atoms with van der Waals surface area (Å²) in [5.74, 6) is 0.482. The molecule has 4 heteroatoms. The van der Waals surface area contributed by atoms with Gasteiger partial charge in [-0.3, -0.25) is 4.79 Å². The van der Waals surface area contributed by atoms with Crippen molar-refractivity contribution in [3.05, 3.63) is 0 Å². The Labute approximate surface area is 71.6 Å². The van der Waals surface area contributed by atoms with E-state index in [4.69, 9.17) is 5.11 Å². The molecule has 0 aromatic heterocycles. The van der Waals surface area contributed by atoms with Crippen LogP contribution in [-0.2, 0) is 4.79 Å². The lowest BCUT2D eigenvalue weighted by atomic mass is 10.6. The van der Waals surface area contributed by atoms with Crippen molar-refractivity contribution >= 4 is 17.7 Å². The van der Waals surface area contributed by atoms with E-state index in [9.17, 15) is 4.79 Å². The van der Waals surface area contributed by atoms with Crippen molar-refractivity contribution in [3.63, 3.8) is 0 Å². The molecule has 66 valence electrons. The molecule has 0 aromatic rings. The highest BCUT2D eigenvalue weighted by atomic mass is 32.2. The van der Waals surface area contributed by atoms with Crippen LogP contribution < -0.4 is 5.32 Å². The van der Waals surface area contributed by atoms with Gasteiger partial charge >= 0.3 is 0 Å². The van der Waals surface area contributed by atoms with Gasteiger partial charge in [0.15, 0.2) is 0 Å². The topological polar surface area (TPSA) is 49.3 Å². The Morgan fingerprint density at radius 3 is 2.73 bits per heavy atom. The normalized spacial score (nSPS) is 10.2. The molecule has 0 radical (unpaired) electrons. The molecule has 11 heavy (non-hydrogen) atoms. The average molecular weight is 177 g/mol. The standard InChI is InChI=1S/C7H15NO2S/c1-6(2)11-5-7(10)8-3-4-9/h6,9H,3-5H2,1-2H3,(H,8,10). The van der Waals surface area contributed by atoms with Crippen molar-refractivity contribution in [1.29, 1.82) is 0 Å². The first kappa shape index (κ1) is 10.8. The minimum absolute atomic E-state index is 0.00208. The Balaban J connectivity index is 3.23. The van der Waals surface area contributed by atoms with Crippen LogP contribution in [0.1, 0.15) is 13.8 Å². The van der Waals surface area contributed by atoms with Crippen LogP contribution in [0.25, 0.3) is 0 Å². The first-order chi connectivity index (χ1) is 5.16. The molecular formula is C7H15NO2S. The van der Waals surface area contributed by atoms with Gasteiger partial charge in [-0.15, -0.1) is 11.8 Å². The number of aliphatic hydroxyl groups excluding tert-OH is 1. The third-order valence-electron chi connectivity index (χ3n) is 0.982. The Bertz CT molecular complexity index is 117.